The molecule has 0 atom stereocenters. The van der Waals surface area contributed by atoms with Crippen LogP contribution in [0.1, 0.15) is 149 Å². The fourth-order valence-corrected chi connectivity index (χ4v) is 3.66. The van der Waals surface area contributed by atoms with E-state index in [1.54, 1.807) is 0 Å². The predicted molar refractivity (Wildman–Crippen MR) is 118 cm³/mol. The fourth-order valence-electron chi connectivity index (χ4n) is 3.66. The van der Waals surface area contributed by atoms with Crippen LogP contribution in [0.25, 0.3) is 0 Å². The molecule has 0 aromatic carbocycles. The van der Waals surface area contributed by atoms with Crippen LogP contribution < -0.4 is 0 Å². The second kappa shape index (κ2) is 21.6. The normalized spacial score (nSPS) is 11.0. The summed E-state index contributed by atoms with van der Waals surface area (Å²) in [4.78, 5) is 23.7. The molecule has 0 aliphatic carbocycles. The van der Waals surface area contributed by atoms with Gasteiger partial charge in [-0.15, -0.1) is 0 Å². The number of unbranched alkanes of at least 4 members (excludes halogenated alkanes) is 16. The van der Waals surface area contributed by atoms with Crippen molar-refractivity contribution in [2.75, 3.05) is 0 Å². The highest BCUT2D eigenvalue weighted by Crippen LogP contribution is 2.13. The quantitative estimate of drug-likeness (QED) is 0.140. The van der Waals surface area contributed by atoms with Crippen LogP contribution in [0, 0.1) is 0 Å². The third-order valence-corrected chi connectivity index (χ3v) is 5.51. The van der Waals surface area contributed by atoms with Crippen molar-refractivity contribution >= 4 is 11.6 Å². The zero-order valence-electron chi connectivity index (χ0n) is 18.7. The van der Waals surface area contributed by atoms with E-state index < -0.39 is 0 Å². The van der Waals surface area contributed by atoms with Crippen LogP contribution in [-0.2, 0) is 9.59 Å². The highest BCUT2D eigenvalue weighted by molar-refractivity contribution is 5.98. The van der Waals surface area contributed by atoms with E-state index in [1.165, 1.54) is 89.9 Å². The van der Waals surface area contributed by atoms with E-state index in [1.807, 2.05) is 0 Å². The van der Waals surface area contributed by atoms with Gasteiger partial charge in [0.1, 0.15) is 11.6 Å². The SMILES string of the molecule is CCCCCCCCCCCCCCCC(=O)CC(=O)CCCCCCC. The van der Waals surface area contributed by atoms with Crippen LogP contribution in [0.3, 0.4) is 0 Å². The molecule has 0 heterocycles. The molecular formula is C25H48O2. The number of ketones is 2. The first kappa shape index (κ1) is 26.3. The minimum atomic E-state index is 0.159. The second-order valence-corrected chi connectivity index (χ2v) is 8.41. The summed E-state index contributed by atoms with van der Waals surface area (Å²) in [6.45, 7) is 4.46. The van der Waals surface area contributed by atoms with Crippen molar-refractivity contribution in [1.29, 1.82) is 0 Å². The Morgan fingerprint density at radius 1 is 0.407 bits per heavy atom. The van der Waals surface area contributed by atoms with E-state index in [4.69, 9.17) is 0 Å². The fraction of sp³-hybridized carbons (Fsp3) is 0.920. The first-order chi connectivity index (χ1) is 13.2. The molecule has 0 saturated heterocycles. The number of hydrogen-bond acceptors (Lipinski definition) is 2. The Hall–Kier alpha value is -0.660. The lowest BCUT2D eigenvalue weighted by molar-refractivity contribution is -0.127. The molecule has 0 aliphatic heterocycles. The Morgan fingerprint density at radius 2 is 0.667 bits per heavy atom. The maximum absolute atomic E-state index is 11.9. The molecule has 0 fully saturated rings. The van der Waals surface area contributed by atoms with Crippen molar-refractivity contribution in [2.24, 2.45) is 0 Å². The van der Waals surface area contributed by atoms with Crippen molar-refractivity contribution in [3.8, 4) is 0 Å². The van der Waals surface area contributed by atoms with Crippen molar-refractivity contribution in [3.63, 3.8) is 0 Å². The Labute approximate surface area is 170 Å². The van der Waals surface area contributed by atoms with Gasteiger partial charge in [-0.3, -0.25) is 9.59 Å². The maximum atomic E-state index is 11.9. The highest BCUT2D eigenvalue weighted by atomic mass is 16.1. The van der Waals surface area contributed by atoms with Crippen LogP contribution in [0.15, 0.2) is 0 Å². The van der Waals surface area contributed by atoms with E-state index in [9.17, 15) is 9.59 Å². The molecule has 0 aromatic heterocycles. The van der Waals surface area contributed by atoms with Crippen molar-refractivity contribution in [1.82, 2.24) is 0 Å². The molecule has 0 rings (SSSR count). The molecule has 27 heavy (non-hydrogen) atoms. The first-order valence-electron chi connectivity index (χ1n) is 12.2. The lowest BCUT2D eigenvalue weighted by Crippen LogP contribution is -2.07. The number of carbonyl (C=O) groups excluding carboxylic acids is 2. The standard InChI is InChI=1S/C25H48O2/c1-3-5-7-9-10-11-12-13-14-15-16-18-20-22-25(27)23-24(26)21-19-17-8-6-4-2/h3-23H2,1-2H3. The molecule has 2 heteroatoms. The zero-order valence-corrected chi connectivity index (χ0v) is 18.7. The summed E-state index contributed by atoms with van der Waals surface area (Å²) in [6.07, 6.45) is 24.4. The van der Waals surface area contributed by atoms with E-state index in [0.29, 0.717) is 12.8 Å². The molecule has 0 aliphatic rings. The summed E-state index contributed by atoms with van der Waals surface area (Å²) in [5.41, 5.74) is 0. The van der Waals surface area contributed by atoms with E-state index in [2.05, 4.69) is 13.8 Å². The molecule has 0 unspecified atom stereocenters. The summed E-state index contributed by atoms with van der Waals surface area (Å²) in [5, 5.41) is 0. The summed E-state index contributed by atoms with van der Waals surface area (Å²) < 4.78 is 0. The Morgan fingerprint density at radius 3 is 0.963 bits per heavy atom. The molecule has 0 amide bonds. The smallest absolute Gasteiger partial charge is 0.140 e. The van der Waals surface area contributed by atoms with Crippen molar-refractivity contribution in [2.45, 2.75) is 149 Å². The van der Waals surface area contributed by atoms with Gasteiger partial charge in [-0.05, 0) is 12.8 Å². The second-order valence-electron chi connectivity index (χ2n) is 8.41. The van der Waals surface area contributed by atoms with E-state index in [0.717, 1.165) is 25.7 Å². The lowest BCUT2D eigenvalue weighted by atomic mass is 10.0. The van der Waals surface area contributed by atoms with E-state index in [-0.39, 0.29) is 18.0 Å². The highest BCUT2D eigenvalue weighted by Gasteiger charge is 2.09. The summed E-state index contributed by atoms with van der Waals surface area (Å²) >= 11 is 0. The number of Topliss-reactive ketones (excluding diaryl/α,β-unsaturated/α-hetero) is 2. The minimum Gasteiger partial charge on any atom is -0.299 e. The Bertz CT molecular complexity index is 335. The molecule has 0 N–H and O–H groups in total. The Kier molecular flexibility index (Phi) is 21.1. The van der Waals surface area contributed by atoms with Crippen LogP contribution in [0.5, 0.6) is 0 Å². The summed E-state index contributed by atoms with van der Waals surface area (Å²) in [7, 11) is 0. The third kappa shape index (κ3) is 21.5. The van der Waals surface area contributed by atoms with E-state index >= 15 is 0 Å². The molecule has 160 valence electrons. The van der Waals surface area contributed by atoms with Gasteiger partial charge < -0.3 is 0 Å². The van der Waals surface area contributed by atoms with Gasteiger partial charge in [0.25, 0.3) is 0 Å². The number of carbonyl (C=O) groups is 2. The Balaban J connectivity index is 3.28. The van der Waals surface area contributed by atoms with Gasteiger partial charge in [-0.2, -0.15) is 0 Å². The topological polar surface area (TPSA) is 34.1 Å². The van der Waals surface area contributed by atoms with Gasteiger partial charge in [-0.25, -0.2) is 0 Å². The molecule has 0 aromatic rings. The number of hydrogen-bond donors (Lipinski definition) is 0. The zero-order chi connectivity index (χ0) is 20.0. The molecule has 0 spiro atoms. The first-order valence-corrected chi connectivity index (χ1v) is 12.2. The maximum Gasteiger partial charge on any atom is 0.140 e. The molecular weight excluding hydrogens is 332 g/mol. The van der Waals surface area contributed by atoms with Crippen LogP contribution >= 0.6 is 0 Å². The van der Waals surface area contributed by atoms with Gasteiger partial charge in [0, 0.05) is 12.8 Å². The van der Waals surface area contributed by atoms with Gasteiger partial charge in [0.15, 0.2) is 0 Å². The molecule has 2 nitrogen and oxygen atoms in total. The third-order valence-electron chi connectivity index (χ3n) is 5.51. The van der Waals surface area contributed by atoms with Gasteiger partial charge >= 0.3 is 0 Å². The van der Waals surface area contributed by atoms with Gasteiger partial charge in [0.05, 0.1) is 6.42 Å². The minimum absolute atomic E-state index is 0.159. The monoisotopic (exact) mass is 380 g/mol. The van der Waals surface area contributed by atoms with Gasteiger partial charge in [-0.1, -0.05) is 117 Å². The summed E-state index contributed by atoms with van der Waals surface area (Å²) in [5.74, 6) is 0.322. The molecule has 0 saturated carbocycles. The largest absolute Gasteiger partial charge is 0.299 e. The number of rotatable bonds is 22. The average Bonchev–Trinajstić information content (AvgIpc) is 2.65. The van der Waals surface area contributed by atoms with Crippen LogP contribution in [0.2, 0.25) is 0 Å². The van der Waals surface area contributed by atoms with Crippen LogP contribution in [-0.4, -0.2) is 11.6 Å². The predicted octanol–water partition coefficient (Wildman–Crippen LogP) is 8.36. The van der Waals surface area contributed by atoms with Crippen LogP contribution in [0.4, 0.5) is 0 Å². The average molecular weight is 381 g/mol. The molecule has 0 radical (unpaired) electrons. The van der Waals surface area contributed by atoms with Crippen molar-refractivity contribution < 1.29 is 9.59 Å². The van der Waals surface area contributed by atoms with Crippen molar-refractivity contribution in [3.05, 3.63) is 0 Å². The molecule has 0 bridgehead atoms. The summed E-state index contributed by atoms with van der Waals surface area (Å²) in [6, 6.07) is 0. The lowest BCUT2D eigenvalue weighted by Gasteiger charge is -2.03. The van der Waals surface area contributed by atoms with Gasteiger partial charge in [0.2, 0.25) is 0 Å².